The Bertz CT molecular complexity index is 947. The molecule has 0 radical (unpaired) electrons. The highest BCUT2D eigenvalue weighted by atomic mass is 35.5. The van der Waals surface area contributed by atoms with E-state index < -0.39 is 11.9 Å². The maximum Gasteiger partial charge on any atom is 0.325 e. The summed E-state index contributed by atoms with van der Waals surface area (Å²) in [4.78, 5) is 27.8. The quantitative estimate of drug-likeness (QED) is 0.699. The number of nitrogens with zero attached hydrogens (tertiary/aromatic N) is 3. The van der Waals surface area contributed by atoms with Gasteiger partial charge in [-0.25, -0.2) is 0 Å². The van der Waals surface area contributed by atoms with Crippen LogP contribution >= 0.6 is 11.6 Å². The molecule has 0 unspecified atom stereocenters. The van der Waals surface area contributed by atoms with E-state index in [2.05, 4.69) is 20.1 Å². The largest absolute Gasteiger partial charge is 0.469 e. The zero-order valence-corrected chi connectivity index (χ0v) is 14.3. The number of carbonyl (C=O) groups excluding carboxylic acids is 2. The minimum atomic E-state index is -0.421. The van der Waals surface area contributed by atoms with Crippen molar-refractivity contribution in [3.8, 4) is 11.4 Å². The number of hydrogen-bond acceptors (Lipinski definition) is 6. The SMILES string of the molecule is COC(=O)CCNC(=O)c1c(C)oc2nc(-c3ccccc3Cl)nn12. The molecule has 130 valence electrons. The van der Waals surface area contributed by atoms with Crippen molar-refractivity contribution in [3.05, 3.63) is 40.7 Å². The third-order valence-corrected chi connectivity index (χ3v) is 3.87. The molecule has 3 rings (SSSR count). The second-order valence-electron chi connectivity index (χ2n) is 5.20. The first kappa shape index (κ1) is 17.0. The first-order valence-corrected chi connectivity index (χ1v) is 7.85. The van der Waals surface area contributed by atoms with Gasteiger partial charge in [-0.3, -0.25) is 9.59 Å². The number of oxazole rings is 1. The molecule has 2 aromatic heterocycles. The molecule has 8 nitrogen and oxygen atoms in total. The summed E-state index contributed by atoms with van der Waals surface area (Å²) < 4.78 is 11.4. The van der Waals surface area contributed by atoms with Gasteiger partial charge in [0.15, 0.2) is 11.5 Å². The Kier molecular flexibility index (Phi) is 4.71. The fourth-order valence-corrected chi connectivity index (χ4v) is 2.54. The number of nitrogens with one attached hydrogen (secondary N) is 1. The number of esters is 1. The van der Waals surface area contributed by atoms with Crippen LogP contribution in [0.4, 0.5) is 0 Å². The van der Waals surface area contributed by atoms with Crippen molar-refractivity contribution < 1.29 is 18.7 Å². The minimum Gasteiger partial charge on any atom is -0.469 e. The second-order valence-corrected chi connectivity index (χ2v) is 5.61. The lowest BCUT2D eigenvalue weighted by Crippen LogP contribution is -2.28. The molecule has 9 heteroatoms. The third kappa shape index (κ3) is 3.34. The Hall–Kier alpha value is -2.87. The molecule has 1 amide bonds. The Labute approximate surface area is 147 Å². The average Bonchev–Trinajstić information content (AvgIpc) is 3.11. The van der Waals surface area contributed by atoms with Gasteiger partial charge in [0.2, 0.25) is 0 Å². The lowest BCUT2D eigenvalue weighted by Gasteiger charge is -2.03. The summed E-state index contributed by atoms with van der Waals surface area (Å²) in [5.74, 6) is 0.0849. The number of benzene rings is 1. The fourth-order valence-electron chi connectivity index (χ4n) is 2.32. The zero-order valence-electron chi connectivity index (χ0n) is 13.6. The molecule has 0 aliphatic heterocycles. The highest BCUT2D eigenvalue weighted by molar-refractivity contribution is 6.33. The summed E-state index contributed by atoms with van der Waals surface area (Å²) in [6.45, 7) is 1.78. The first-order chi connectivity index (χ1) is 12.0. The molecule has 2 heterocycles. The minimum absolute atomic E-state index is 0.0739. The fraction of sp³-hybridized carbons (Fsp3) is 0.250. The standard InChI is InChI=1S/C16H15ClN4O4/c1-9-13(15(23)18-8-7-12(22)24-2)21-16(25-9)19-14(20-21)10-5-3-4-6-11(10)17/h3-6H,7-8H2,1-2H3,(H,18,23). The molecule has 0 aliphatic carbocycles. The van der Waals surface area contributed by atoms with Crippen molar-refractivity contribution in [1.82, 2.24) is 19.9 Å². The van der Waals surface area contributed by atoms with Gasteiger partial charge < -0.3 is 14.5 Å². The van der Waals surface area contributed by atoms with Gasteiger partial charge in [0.05, 0.1) is 18.6 Å². The van der Waals surface area contributed by atoms with E-state index in [4.69, 9.17) is 16.0 Å². The Morgan fingerprint density at radius 1 is 1.36 bits per heavy atom. The van der Waals surface area contributed by atoms with Crippen LogP contribution in [-0.4, -0.2) is 40.1 Å². The molecule has 0 aliphatic rings. The molecule has 0 saturated heterocycles. The molecular weight excluding hydrogens is 348 g/mol. The van der Waals surface area contributed by atoms with E-state index in [9.17, 15) is 9.59 Å². The van der Waals surface area contributed by atoms with Crippen LogP contribution in [0.25, 0.3) is 17.2 Å². The molecule has 0 spiro atoms. The van der Waals surface area contributed by atoms with Crippen LogP contribution < -0.4 is 5.32 Å². The number of ether oxygens (including phenoxy) is 1. The van der Waals surface area contributed by atoms with Gasteiger partial charge in [-0.15, -0.1) is 5.10 Å². The molecule has 0 atom stereocenters. The summed E-state index contributed by atoms with van der Waals surface area (Å²) in [5, 5.41) is 7.45. The number of rotatable bonds is 5. The Morgan fingerprint density at radius 2 is 2.12 bits per heavy atom. The highest BCUT2D eigenvalue weighted by Crippen LogP contribution is 2.26. The topological polar surface area (TPSA) is 98.7 Å². The maximum absolute atomic E-state index is 12.4. The molecule has 3 aromatic rings. The summed E-state index contributed by atoms with van der Waals surface area (Å²) in [5.41, 5.74) is 0.850. The van der Waals surface area contributed by atoms with Crippen molar-refractivity contribution in [2.75, 3.05) is 13.7 Å². The Balaban J connectivity index is 1.88. The molecule has 0 bridgehead atoms. The van der Waals surface area contributed by atoms with Crippen molar-refractivity contribution in [1.29, 1.82) is 0 Å². The van der Waals surface area contributed by atoms with E-state index >= 15 is 0 Å². The van der Waals surface area contributed by atoms with Crippen LogP contribution in [0.5, 0.6) is 0 Å². The number of aromatic nitrogens is 3. The smallest absolute Gasteiger partial charge is 0.325 e. The van der Waals surface area contributed by atoms with E-state index in [1.165, 1.54) is 11.6 Å². The number of halogens is 1. The molecule has 0 fully saturated rings. The van der Waals surface area contributed by atoms with Crippen molar-refractivity contribution in [2.45, 2.75) is 13.3 Å². The van der Waals surface area contributed by atoms with Gasteiger partial charge in [-0.1, -0.05) is 23.7 Å². The van der Waals surface area contributed by atoms with Gasteiger partial charge in [0, 0.05) is 12.1 Å². The van der Waals surface area contributed by atoms with Crippen molar-refractivity contribution >= 4 is 29.3 Å². The van der Waals surface area contributed by atoms with Crippen LogP contribution in [0.1, 0.15) is 22.7 Å². The van der Waals surface area contributed by atoms with Gasteiger partial charge >= 0.3 is 11.8 Å². The van der Waals surface area contributed by atoms with Crippen molar-refractivity contribution in [3.63, 3.8) is 0 Å². The van der Waals surface area contributed by atoms with Gasteiger partial charge in [0.1, 0.15) is 5.76 Å². The number of fused-ring (bicyclic) bond motifs is 1. The van der Waals surface area contributed by atoms with E-state index in [-0.39, 0.29) is 24.5 Å². The Morgan fingerprint density at radius 3 is 2.84 bits per heavy atom. The van der Waals surface area contributed by atoms with E-state index in [0.29, 0.717) is 22.2 Å². The van der Waals surface area contributed by atoms with E-state index in [0.717, 1.165) is 0 Å². The van der Waals surface area contributed by atoms with Gasteiger partial charge in [-0.05, 0) is 19.1 Å². The summed E-state index contributed by atoms with van der Waals surface area (Å²) >= 11 is 6.16. The van der Waals surface area contributed by atoms with Gasteiger partial charge in [0.25, 0.3) is 5.91 Å². The molecule has 1 aromatic carbocycles. The normalized spacial score (nSPS) is 10.8. The van der Waals surface area contributed by atoms with E-state index in [1.54, 1.807) is 25.1 Å². The third-order valence-electron chi connectivity index (χ3n) is 3.54. The predicted octanol–water partition coefficient (Wildman–Crippen LogP) is 2.24. The highest BCUT2D eigenvalue weighted by Gasteiger charge is 2.22. The number of amides is 1. The van der Waals surface area contributed by atoms with Crippen molar-refractivity contribution in [2.24, 2.45) is 0 Å². The lowest BCUT2D eigenvalue weighted by molar-refractivity contribution is -0.140. The predicted molar refractivity (Wildman–Crippen MR) is 89.4 cm³/mol. The maximum atomic E-state index is 12.4. The molecule has 25 heavy (non-hydrogen) atoms. The second kappa shape index (κ2) is 6.94. The first-order valence-electron chi connectivity index (χ1n) is 7.47. The van der Waals surface area contributed by atoms with Crippen LogP contribution in [0.15, 0.2) is 28.7 Å². The number of methoxy groups -OCH3 is 1. The van der Waals surface area contributed by atoms with Crippen LogP contribution in [0.3, 0.4) is 0 Å². The molecule has 0 saturated carbocycles. The summed E-state index contributed by atoms with van der Waals surface area (Å²) in [7, 11) is 1.29. The summed E-state index contributed by atoms with van der Waals surface area (Å²) in [6, 6.07) is 7.12. The molecule has 1 N–H and O–H groups in total. The monoisotopic (exact) mass is 362 g/mol. The summed E-state index contributed by atoms with van der Waals surface area (Å²) in [6.07, 6.45) is 0.0739. The van der Waals surface area contributed by atoms with Crippen LogP contribution in [-0.2, 0) is 9.53 Å². The van der Waals surface area contributed by atoms with Crippen LogP contribution in [0, 0.1) is 6.92 Å². The lowest BCUT2D eigenvalue weighted by atomic mass is 10.2. The average molecular weight is 363 g/mol. The van der Waals surface area contributed by atoms with Gasteiger partial charge in [-0.2, -0.15) is 9.50 Å². The number of hydrogen-bond donors (Lipinski definition) is 1. The number of aryl methyl sites for hydroxylation is 1. The number of carbonyl (C=O) groups is 2. The molecular formula is C16H15ClN4O4. The van der Waals surface area contributed by atoms with E-state index in [1.807, 2.05) is 6.07 Å². The zero-order chi connectivity index (χ0) is 18.0. The van der Waals surface area contributed by atoms with Crippen LogP contribution in [0.2, 0.25) is 5.02 Å².